The number of carbonyl (C=O) groups is 2. The van der Waals surface area contributed by atoms with Gasteiger partial charge in [-0.2, -0.15) is 5.10 Å². The SMILES string of the molecule is COc1ccc(CCNC(=O)C/C(C)=N\NC(=O)c2cc3ccccc3cc2O)cc1OC. The minimum atomic E-state index is -0.550. The summed E-state index contributed by atoms with van der Waals surface area (Å²) in [5.41, 5.74) is 3.95. The molecule has 0 atom stereocenters. The van der Waals surface area contributed by atoms with Crippen LogP contribution in [0.1, 0.15) is 29.3 Å². The molecule has 3 aromatic carbocycles. The van der Waals surface area contributed by atoms with E-state index in [4.69, 9.17) is 9.47 Å². The van der Waals surface area contributed by atoms with Gasteiger partial charge in [0.25, 0.3) is 5.91 Å². The molecule has 0 spiro atoms. The van der Waals surface area contributed by atoms with Crippen LogP contribution in [0, 0.1) is 0 Å². The second-order valence-corrected chi connectivity index (χ2v) is 7.47. The summed E-state index contributed by atoms with van der Waals surface area (Å²) in [6.07, 6.45) is 0.663. The lowest BCUT2D eigenvalue weighted by Gasteiger charge is -2.10. The van der Waals surface area contributed by atoms with E-state index in [1.807, 2.05) is 42.5 Å². The van der Waals surface area contributed by atoms with Crippen LogP contribution in [0.25, 0.3) is 10.8 Å². The van der Waals surface area contributed by atoms with E-state index >= 15 is 0 Å². The minimum Gasteiger partial charge on any atom is -0.507 e. The van der Waals surface area contributed by atoms with Crippen molar-refractivity contribution in [1.29, 1.82) is 0 Å². The fourth-order valence-corrected chi connectivity index (χ4v) is 3.33. The number of benzene rings is 3. The Morgan fingerprint density at radius 3 is 2.36 bits per heavy atom. The summed E-state index contributed by atoms with van der Waals surface area (Å²) in [7, 11) is 3.15. The molecule has 0 aliphatic rings. The smallest absolute Gasteiger partial charge is 0.275 e. The molecule has 0 saturated heterocycles. The highest BCUT2D eigenvalue weighted by molar-refractivity contribution is 6.03. The van der Waals surface area contributed by atoms with Gasteiger partial charge in [0.1, 0.15) is 5.75 Å². The molecule has 2 amide bonds. The first-order chi connectivity index (χ1) is 15.9. The molecular formula is C25H27N3O5. The van der Waals surface area contributed by atoms with Crippen molar-refractivity contribution in [3.05, 3.63) is 65.7 Å². The molecule has 0 radical (unpaired) electrons. The number of carbonyl (C=O) groups excluding carboxylic acids is 2. The Morgan fingerprint density at radius 1 is 0.970 bits per heavy atom. The number of nitrogens with zero attached hydrogens (tertiary/aromatic N) is 1. The Labute approximate surface area is 192 Å². The number of hydrogen-bond donors (Lipinski definition) is 3. The van der Waals surface area contributed by atoms with Gasteiger partial charge in [-0.3, -0.25) is 9.59 Å². The van der Waals surface area contributed by atoms with Gasteiger partial charge >= 0.3 is 0 Å². The average molecular weight is 450 g/mol. The summed E-state index contributed by atoms with van der Waals surface area (Å²) in [5.74, 6) is 0.395. The van der Waals surface area contributed by atoms with Crippen LogP contribution in [-0.4, -0.2) is 43.4 Å². The molecule has 0 aliphatic carbocycles. The van der Waals surface area contributed by atoms with E-state index < -0.39 is 5.91 Å². The standard InChI is InChI=1S/C25H27N3O5/c1-16(12-24(30)26-11-10-17-8-9-22(32-2)23(13-17)33-3)27-28-25(31)20-14-18-6-4-5-7-19(18)15-21(20)29/h4-9,13-15,29H,10-12H2,1-3H3,(H,26,30)(H,28,31)/b27-16-. The first-order valence-corrected chi connectivity index (χ1v) is 10.4. The number of ether oxygens (including phenoxy) is 2. The summed E-state index contributed by atoms with van der Waals surface area (Å²) < 4.78 is 10.5. The molecule has 33 heavy (non-hydrogen) atoms. The topological polar surface area (TPSA) is 109 Å². The molecule has 3 aromatic rings. The van der Waals surface area contributed by atoms with E-state index in [0.717, 1.165) is 16.3 Å². The summed E-state index contributed by atoms with van der Waals surface area (Å²) in [5, 5.41) is 18.6. The number of rotatable bonds is 9. The number of amides is 2. The van der Waals surface area contributed by atoms with Crippen molar-refractivity contribution >= 4 is 28.3 Å². The van der Waals surface area contributed by atoms with Crippen molar-refractivity contribution in [3.63, 3.8) is 0 Å². The highest BCUT2D eigenvalue weighted by Crippen LogP contribution is 2.27. The van der Waals surface area contributed by atoms with Crippen molar-refractivity contribution < 1.29 is 24.2 Å². The van der Waals surface area contributed by atoms with E-state index in [1.54, 1.807) is 27.2 Å². The zero-order chi connectivity index (χ0) is 23.8. The summed E-state index contributed by atoms with van der Waals surface area (Å²) >= 11 is 0. The molecule has 0 unspecified atom stereocenters. The van der Waals surface area contributed by atoms with E-state index in [9.17, 15) is 14.7 Å². The van der Waals surface area contributed by atoms with Gasteiger partial charge in [-0.15, -0.1) is 0 Å². The van der Waals surface area contributed by atoms with E-state index in [2.05, 4.69) is 15.8 Å². The molecule has 8 nitrogen and oxygen atoms in total. The normalized spacial score (nSPS) is 11.2. The highest BCUT2D eigenvalue weighted by Gasteiger charge is 2.13. The van der Waals surface area contributed by atoms with Gasteiger partial charge in [-0.1, -0.05) is 30.3 Å². The summed E-state index contributed by atoms with van der Waals surface area (Å²) in [6, 6.07) is 16.2. The number of methoxy groups -OCH3 is 2. The van der Waals surface area contributed by atoms with Gasteiger partial charge in [0, 0.05) is 12.3 Å². The molecule has 0 fully saturated rings. The number of hydrogen-bond acceptors (Lipinski definition) is 6. The fraction of sp³-hybridized carbons (Fsp3) is 0.240. The van der Waals surface area contributed by atoms with Crippen LogP contribution in [0.3, 0.4) is 0 Å². The van der Waals surface area contributed by atoms with Gasteiger partial charge in [0.15, 0.2) is 11.5 Å². The van der Waals surface area contributed by atoms with Crippen LogP contribution in [0.2, 0.25) is 0 Å². The molecule has 0 aliphatic heterocycles. The van der Waals surface area contributed by atoms with Crippen LogP contribution >= 0.6 is 0 Å². The third-order valence-corrected chi connectivity index (χ3v) is 5.06. The van der Waals surface area contributed by atoms with E-state index in [1.165, 1.54) is 6.07 Å². The summed E-state index contributed by atoms with van der Waals surface area (Å²) in [6.45, 7) is 2.09. The Hall–Kier alpha value is -4.07. The van der Waals surface area contributed by atoms with Crippen LogP contribution < -0.4 is 20.2 Å². The van der Waals surface area contributed by atoms with Gasteiger partial charge in [0.05, 0.1) is 26.2 Å². The molecule has 172 valence electrons. The predicted octanol–water partition coefficient (Wildman–Crippen LogP) is 3.42. The van der Waals surface area contributed by atoms with Crippen molar-refractivity contribution in [2.45, 2.75) is 19.8 Å². The number of nitrogens with one attached hydrogen (secondary N) is 2. The second kappa shape index (κ2) is 11.0. The maximum atomic E-state index is 12.4. The zero-order valence-electron chi connectivity index (χ0n) is 18.8. The van der Waals surface area contributed by atoms with Gasteiger partial charge in [-0.25, -0.2) is 5.43 Å². The molecule has 0 aromatic heterocycles. The van der Waals surface area contributed by atoms with Gasteiger partial charge in [0.2, 0.25) is 5.91 Å². The largest absolute Gasteiger partial charge is 0.507 e. The second-order valence-electron chi connectivity index (χ2n) is 7.47. The lowest BCUT2D eigenvalue weighted by molar-refractivity contribution is -0.119. The fourth-order valence-electron chi connectivity index (χ4n) is 3.33. The first-order valence-electron chi connectivity index (χ1n) is 10.4. The molecule has 3 rings (SSSR count). The molecule has 3 N–H and O–H groups in total. The third kappa shape index (κ3) is 6.22. The molecule has 0 bridgehead atoms. The summed E-state index contributed by atoms with van der Waals surface area (Å²) in [4.78, 5) is 24.6. The number of hydrazone groups is 1. The predicted molar refractivity (Wildman–Crippen MR) is 127 cm³/mol. The molecule has 0 saturated carbocycles. The van der Waals surface area contributed by atoms with Crippen molar-refractivity contribution in [2.24, 2.45) is 5.10 Å². The lowest BCUT2D eigenvalue weighted by atomic mass is 10.1. The highest BCUT2D eigenvalue weighted by atomic mass is 16.5. The van der Waals surface area contributed by atoms with Crippen LogP contribution in [0.4, 0.5) is 0 Å². The Bertz CT molecular complexity index is 1190. The van der Waals surface area contributed by atoms with Crippen molar-refractivity contribution in [1.82, 2.24) is 10.7 Å². The lowest BCUT2D eigenvalue weighted by Crippen LogP contribution is -2.28. The minimum absolute atomic E-state index is 0.0376. The van der Waals surface area contributed by atoms with Crippen molar-refractivity contribution in [2.75, 3.05) is 20.8 Å². The van der Waals surface area contributed by atoms with E-state index in [-0.39, 0.29) is 23.6 Å². The van der Waals surface area contributed by atoms with Crippen LogP contribution in [0.15, 0.2) is 59.7 Å². The quantitative estimate of drug-likeness (QED) is 0.343. The average Bonchev–Trinajstić information content (AvgIpc) is 2.81. The van der Waals surface area contributed by atoms with Crippen LogP contribution in [0.5, 0.6) is 17.2 Å². The maximum absolute atomic E-state index is 12.4. The van der Waals surface area contributed by atoms with Crippen LogP contribution in [-0.2, 0) is 11.2 Å². The third-order valence-electron chi connectivity index (χ3n) is 5.06. The number of phenolic OH excluding ortho intramolecular Hbond substituents is 1. The van der Waals surface area contributed by atoms with Gasteiger partial charge in [-0.05, 0) is 53.9 Å². The van der Waals surface area contributed by atoms with E-state index in [0.29, 0.717) is 30.2 Å². The first kappa shape index (κ1) is 23.6. The molecule has 0 heterocycles. The van der Waals surface area contributed by atoms with Crippen molar-refractivity contribution in [3.8, 4) is 17.2 Å². The Balaban J connectivity index is 1.50. The number of phenols is 1. The molecule has 8 heteroatoms. The Morgan fingerprint density at radius 2 is 1.67 bits per heavy atom. The monoisotopic (exact) mass is 449 g/mol. The maximum Gasteiger partial charge on any atom is 0.275 e. The Kier molecular flexibility index (Phi) is 7.86. The number of aromatic hydroxyl groups is 1. The zero-order valence-corrected chi connectivity index (χ0v) is 18.8. The molecular weight excluding hydrogens is 422 g/mol. The number of fused-ring (bicyclic) bond motifs is 1. The van der Waals surface area contributed by atoms with Gasteiger partial charge < -0.3 is 19.9 Å².